The fraction of sp³-hybridized carbons (Fsp3) is 0.231. The number of aromatic nitrogens is 2. The number of methoxy groups -OCH3 is 1. The van der Waals surface area contributed by atoms with E-state index in [0.717, 1.165) is 22.9 Å². The summed E-state index contributed by atoms with van der Waals surface area (Å²) in [7, 11) is 3.58. The molecule has 2 N–H and O–H groups in total. The van der Waals surface area contributed by atoms with E-state index in [1.165, 1.54) is 0 Å². The summed E-state index contributed by atoms with van der Waals surface area (Å²) < 4.78 is 5.13. The van der Waals surface area contributed by atoms with Crippen molar-refractivity contribution in [3.05, 3.63) is 42.4 Å². The van der Waals surface area contributed by atoms with Gasteiger partial charge in [-0.25, -0.2) is 4.98 Å². The van der Waals surface area contributed by atoms with E-state index in [9.17, 15) is 0 Å². The van der Waals surface area contributed by atoms with Crippen LogP contribution >= 0.6 is 0 Å². The molecule has 1 aromatic carbocycles. The molecule has 0 atom stereocenters. The summed E-state index contributed by atoms with van der Waals surface area (Å²) in [6, 6.07) is 7.75. The van der Waals surface area contributed by atoms with Crippen LogP contribution in [0.1, 0.15) is 5.69 Å². The van der Waals surface area contributed by atoms with E-state index in [0.29, 0.717) is 6.54 Å². The highest BCUT2D eigenvalue weighted by Crippen LogP contribution is 2.25. The van der Waals surface area contributed by atoms with Gasteiger partial charge in [-0.2, -0.15) is 0 Å². The van der Waals surface area contributed by atoms with E-state index < -0.39 is 0 Å². The first-order valence-corrected chi connectivity index (χ1v) is 5.64. The molecule has 2 rings (SSSR count). The zero-order valence-corrected chi connectivity index (χ0v) is 10.5. The van der Waals surface area contributed by atoms with Crippen molar-refractivity contribution >= 4 is 11.5 Å². The van der Waals surface area contributed by atoms with Gasteiger partial charge in [0.2, 0.25) is 0 Å². The van der Waals surface area contributed by atoms with Gasteiger partial charge in [-0.15, -0.1) is 0 Å². The van der Waals surface area contributed by atoms with Crippen molar-refractivity contribution in [1.82, 2.24) is 9.97 Å². The average Bonchev–Trinajstić information content (AvgIpc) is 2.46. The Morgan fingerprint density at radius 2 is 1.83 bits per heavy atom. The molecule has 1 aromatic heterocycles. The Kier molecular flexibility index (Phi) is 3.74. The van der Waals surface area contributed by atoms with E-state index >= 15 is 0 Å². The van der Waals surface area contributed by atoms with Crippen LogP contribution in [-0.4, -0.2) is 24.1 Å². The lowest BCUT2D eigenvalue weighted by Crippen LogP contribution is -2.16. The summed E-state index contributed by atoms with van der Waals surface area (Å²) >= 11 is 0. The van der Waals surface area contributed by atoms with Crippen LogP contribution in [0, 0.1) is 0 Å². The molecule has 2 aromatic rings. The summed E-state index contributed by atoms with van der Waals surface area (Å²) in [6.07, 6.45) is 3.31. The molecule has 94 valence electrons. The fourth-order valence-corrected chi connectivity index (χ4v) is 1.71. The van der Waals surface area contributed by atoms with Gasteiger partial charge < -0.3 is 15.4 Å². The maximum Gasteiger partial charge on any atom is 0.155 e. The number of anilines is 2. The average molecular weight is 244 g/mol. The zero-order valence-electron chi connectivity index (χ0n) is 10.5. The molecule has 1 heterocycles. The van der Waals surface area contributed by atoms with Crippen LogP contribution in [0.2, 0.25) is 0 Å². The lowest BCUT2D eigenvalue weighted by atomic mass is 10.2. The normalized spacial score (nSPS) is 10.2. The molecular formula is C13H16N4O. The molecule has 5 nitrogen and oxygen atoms in total. The molecule has 0 unspecified atom stereocenters. The Bertz CT molecular complexity index is 513. The molecule has 0 aliphatic heterocycles. The maximum absolute atomic E-state index is 5.66. The number of nitrogens with zero attached hydrogens (tertiary/aromatic N) is 3. The molecule has 0 saturated carbocycles. The third-order valence-electron chi connectivity index (χ3n) is 2.72. The van der Waals surface area contributed by atoms with Crippen LogP contribution in [0.5, 0.6) is 5.75 Å². The highest BCUT2D eigenvalue weighted by atomic mass is 16.5. The standard InChI is InChI=1S/C13H16N4O/c1-17(10-3-5-11(18-2)6-4-10)13-12(9-14)15-7-8-16-13/h3-8H,9,14H2,1-2H3. The Balaban J connectivity index is 2.31. The van der Waals surface area contributed by atoms with E-state index in [1.54, 1.807) is 19.5 Å². The van der Waals surface area contributed by atoms with Crippen LogP contribution in [0.25, 0.3) is 0 Å². The minimum atomic E-state index is 0.365. The van der Waals surface area contributed by atoms with Crippen LogP contribution in [0.4, 0.5) is 11.5 Å². The van der Waals surface area contributed by atoms with Crippen LogP contribution in [0.15, 0.2) is 36.7 Å². The second-order valence-corrected chi connectivity index (χ2v) is 3.79. The Morgan fingerprint density at radius 1 is 1.17 bits per heavy atom. The first-order valence-electron chi connectivity index (χ1n) is 5.64. The molecule has 0 aliphatic rings. The quantitative estimate of drug-likeness (QED) is 0.887. The Morgan fingerprint density at radius 3 is 2.44 bits per heavy atom. The van der Waals surface area contributed by atoms with Crippen LogP contribution in [0.3, 0.4) is 0 Å². The van der Waals surface area contributed by atoms with Gasteiger partial charge in [0.15, 0.2) is 5.82 Å². The van der Waals surface area contributed by atoms with E-state index in [4.69, 9.17) is 10.5 Å². The van der Waals surface area contributed by atoms with Crippen LogP contribution in [-0.2, 0) is 6.54 Å². The second kappa shape index (κ2) is 5.46. The molecule has 0 radical (unpaired) electrons. The molecular weight excluding hydrogens is 228 g/mol. The molecule has 18 heavy (non-hydrogen) atoms. The van der Waals surface area contributed by atoms with Gasteiger partial charge in [0, 0.05) is 31.7 Å². The SMILES string of the molecule is COc1ccc(N(C)c2nccnc2CN)cc1. The third-order valence-corrected chi connectivity index (χ3v) is 2.72. The van der Waals surface area contributed by atoms with Crippen LogP contribution < -0.4 is 15.4 Å². The van der Waals surface area contributed by atoms with Crippen molar-refractivity contribution in [3.63, 3.8) is 0 Å². The molecule has 0 spiro atoms. The number of rotatable bonds is 4. The third kappa shape index (κ3) is 2.41. The monoisotopic (exact) mass is 244 g/mol. The van der Waals surface area contributed by atoms with Crippen molar-refractivity contribution in [1.29, 1.82) is 0 Å². The molecule has 0 fully saturated rings. The van der Waals surface area contributed by atoms with Crippen molar-refractivity contribution in [2.45, 2.75) is 6.54 Å². The minimum Gasteiger partial charge on any atom is -0.497 e. The van der Waals surface area contributed by atoms with Gasteiger partial charge in [0.05, 0.1) is 12.8 Å². The lowest BCUT2D eigenvalue weighted by molar-refractivity contribution is 0.415. The molecule has 0 bridgehead atoms. The summed E-state index contributed by atoms with van der Waals surface area (Å²) in [4.78, 5) is 10.5. The highest BCUT2D eigenvalue weighted by molar-refractivity contribution is 5.61. The first kappa shape index (κ1) is 12.3. The molecule has 0 amide bonds. The summed E-state index contributed by atoms with van der Waals surface area (Å²) in [5.74, 6) is 1.59. The number of nitrogens with two attached hydrogens (primary N) is 1. The van der Waals surface area contributed by atoms with Gasteiger partial charge >= 0.3 is 0 Å². The second-order valence-electron chi connectivity index (χ2n) is 3.79. The number of ether oxygens (including phenoxy) is 1. The summed E-state index contributed by atoms with van der Waals surface area (Å²) in [6.45, 7) is 0.365. The van der Waals surface area contributed by atoms with Crippen molar-refractivity contribution in [2.75, 3.05) is 19.1 Å². The van der Waals surface area contributed by atoms with Gasteiger partial charge in [-0.3, -0.25) is 4.98 Å². The Labute approximate surface area is 106 Å². The molecule has 5 heteroatoms. The van der Waals surface area contributed by atoms with Crippen molar-refractivity contribution in [3.8, 4) is 5.75 Å². The summed E-state index contributed by atoms with van der Waals surface area (Å²) in [5.41, 5.74) is 7.44. The smallest absolute Gasteiger partial charge is 0.155 e. The van der Waals surface area contributed by atoms with Gasteiger partial charge in [-0.05, 0) is 24.3 Å². The van der Waals surface area contributed by atoms with Gasteiger partial charge in [0.1, 0.15) is 5.75 Å². The van der Waals surface area contributed by atoms with Crippen molar-refractivity contribution < 1.29 is 4.74 Å². The zero-order chi connectivity index (χ0) is 13.0. The predicted octanol–water partition coefficient (Wildman–Crippen LogP) is 1.71. The molecule has 0 saturated heterocycles. The van der Waals surface area contributed by atoms with Gasteiger partial charge in [0.25, 0.3) is 0 Å². The lowest BCUT2D eigenvalue weighted by Gasteiger charge is -2.20. The van der Waals surface area contributed by atoms with E-state index in [2.05, 4.69) is 9.97 Å². The largest absolute Gasteiger partial charge is 0.497 e. The van der Waals surface area contributed by atoms with E-state index in [1.807, 2.05) is 36.2 Å². The van der Waals surface area contributed by atoms with Crippen molar-refractivity contribution in [2.24, 2.45) is 5.73 Å². The topological polar surface area (TPSA) is 64.3 Å². The fourth-order valence-electron chi connectivity index (χ4n) is 1.71. The highest BCUT2D eigenvalue weighted by Gasteiger charge is 2.10. The summed E-state index contributed by atoms with van der Waals surface area (Å²) in [5, 5.41) is 0. The number of benzene rings is 1. The first-order chi connectivity index (χ1) is 8.76. The maximum atomic E-state index is 5.66. The van der Waals surface area contributed by atoms with Gasteiger partial charge in [-0.1, -0.05) is 0 Å². The predicted molar refractivity (Wildman–Crippen MR) is 71.0 cm³/mol. The Hall–Kier alpha value is -2.14. The number of hydrogen-bond donors (Lipinski definition) is 1. The van der Waals surface area contributed by atoms with E-state index in [-0.39, 0.29) is 0 Å². The minimum absolute atomic E-state index is 0.365. The number of hydrogen-bond acceptors (Lipinski definition) is 5. The molecule has 0 aliphatic carbocycles.